The number of benzene rings is 1. The van der Waals surface area contributed by atoms with Crippen LogP contribution in [-0.2, 0) is 6.42 Å². The molecule has 0 atom stereocenters. The standard InChI is InChI=1S/C10H9BrN2OS/c11-8-3-1-7(2-4-8)10-13-12-9(14-10)5-6-15/h1-4,15H,5-6H2. The topological polar surface area (TPSA) is 38.9 Å². The Hall–Kier alpha value is -0.810. The van der Waals surface area contributed by atoms with E-state index in [0.717, 1.165) is 10.0 Å². The second kappa shape index (κ2) is 4.81. The van der Waals surface area contributed by atoms with Crippen LogP contribution in [-0.4, -0.2) is 16.0 Å². The van der Waals surface area contributed by atoms with Crippen molar-refractivity contribution in [3.05, 3.63) is 34.6 Å². The maximum absolute atomic E-state index is 5.46. The van der Waals surface area contributed by atoms with Gasteiger partial charge in [0.05, 0.1) is 0 Å². The second-order valence-corrected chi connectivity index (χ2v) is 4.34. The van der Waals surface area contributed by atoms with E-state index in [9.17, 15) is 0 Å². The number of hydrogen-bond acceptors (Lipinski definition) is 4. The van der Waals surface area contributed by atoms with E-state index in [1.807, 2.05) is 24.3 Å². The highest BCUT2D eigenvalue weighted by molar-refractivity contribution is 9.10. The summed E-state index contributed by atoms with van der Waals surface area (Å²) >= 11 is 7.48. The SMILES string of the molecule is SCCc1nnc(-c2ccc(Br)cc2)o1. The first-order valence-corrected chi connectivity index (χ1v) is 5.91. The molecule has 0 aliphatic rings. The van der Waals surface area contributed by atoms with Gasteiger partial charge in [0.25, 0.3) is 0 Å². The molecular formula is C10H9BrN2OS. The van der Waals surface area contributed by atoms with Crippen LogP contribution in [0.1, 0.15) is 5.89 Å². The molecule has 15 heavy (non-hydrogen) atoms. The molecule has 0 spiro atoms. The molecule has 0 unspecified atom stereocenters. The highest BCUT2D eigenvalue weighted by atomic mass is 79.9. The van der Waals surface area contributed by atoms with Gasteiger partial charge >= 0.3 is 0 Å². The molecule has 3 nitrogen and oxygen atoms in total. The van der Waals surface area contributed by atoms with Crippen molar-refractivity contribution < 1.29 is 4.42 Å². The van der Waals surface area contributed by atoms with Gasteiger partial charge in [-0.15, -0.1) is 10.2 Å². The van der Waals surface area contributed by atoms with Gasteiger partial charge in [0, 0.05) is 16.5 Å². The normalized spacial score (nSPS) is 10.5. The van der Waals surface area contributed by atoms with Crippen LogP contribution in [0, 0.1) is 0 Å². The van der Waals surface area contributed by atoms with Gasteiger partial charge in [0.2, 0.25) is 11.8 Å². The monoisotopic (exact) mass is 284 g/mol. The molecule has 1 heterocycles. The fraction of sp³-hybridized carbons (Fsp3) is 0.200. The highest BCUT2D eigenvalue weighted by Gasteiger charge is 2.07. The number of nitrogens with zero attached hydrogens (tertiary/aromatic N) is 2. The van der Waals surface area contributed by atoms with Crippen molar-refractivity contribution in [3.63, 3.8) is 0 Å². The Morgan fingerprint density at radius 2 is 1.93 bits per heavy atom. The minimum atomic E-state index is 0.555. The molecule has 0 aliphatic carbocycles. The van der Waals surface area contributed by atoms with Gasteiger partial charge in [-0.05, 0) is 30.0 Å². The van der Waals surface area contributed by atoms with E-state index in [2.05, 4.69) is 38.8 Å². The van der Waals surface area contributed by atoms with Crippen LogP contribution < -0.4 is 0 Å². The summed E-state index contributed by atoms with van der Waals surface area (Å²) in [4.78, 5) is 0. The molecule has 0 bridgehead atoms. The van der Waals surface area contributed by atoms with E-state index in [4.69, 9.17) is 4.42 Å². The van der Waals surface area contributed by atoms with Crippen LogP contribution in [0.2, 0.25) is 0 Å². The Morgan fingerprint density at radius 3 is 2.60 bits per heavy atom. The summed E-state index contributed by atoms with van der Waals surface area (Å²) in [7, 11) is 0. The quantitative estimate of drug-likeness (QED) is 0.881. The number of aryl methyl sites for hydroxylation is 1. The van der Waals surface area contributed by atoms with Crippen LogP contribution in [0.3, 0.4) is 0 Å². The van der Waals surface area contributed by atoms with Crippen molar-refractivity contribution in [2.24, 2.45) is 0 Å². The lowest BCUT2D eigenvalue weighted by Crippen LogP contribution is -1.84. The zero-order valence-corrected chi connectivity index (χ0v) is 10.3. The van der Waals surface area contributed by atoms with Crippen LogP contribution >= 0.6 is 28.6 Å². The van der Waals surface area contributed by atoms with Gasteiger partial charge in [0.1, 0.15) is 0 Å². The number of hydrogen-bond donors (Lipinski definition) is 1. The van der Waals surface area contributed by atoms with Gasteiger partial charge in [-0.2, -0.15) is 12.6 Å². The lowest BCUT2D eigenvalue weighted by Gasteiger charge is -1.94. The minimum Gasteiger partial charge on any atom is -0.421 e. The lowest BCUT2D eigenvalue weighted by molar-refractivity contribution is 0.514. The maximum atomic E-state index is 5.46. The summed E-state index contributed by atoms with van der Waals surface area (Å²) in [6.07, 6.45) is 0.701. The lowest BCUT2D eigenvalue weighted by atomic mass is 10.2. The van der Waals surface area contributed by atoms with Gasteiger partial charge in [0.15, 0.2) is 0 Å². The maximum Gasteiger partial charge on any atom is 0.247 e. The molecular weight excluding hydrogens is 276 g/mol. The Labute approximate surface area is 101 Å². The van der Waals surface area contributed by atoms with Gasteiger partial charge in [-0.1, -0.05) is 15.9 Å². The van der Waals surface area contributed by atoms with E-state index < -0.39 is 0 Å². The predicted octanol–water partition coefficient (Wildman–Crippen LogP) is 2.97. The van der Waals surface area contributed by atoms with Crippen molar-refractivity contribution in [2.45, 2.75) is 6.42 Å². The summed E-state index contributed by atoms with van der Waals surface area (Å²) in [5, 5.41) is 7.90. The highest BCUT2D eigenvalue weighted by Crippen LogP contribution is 2.20. The van der Waals surface area contributed by atoms with E-state index >= 15 is 0 Å². The van der Waals surface area contributed by atoms with Crippen molar-refractivity contribution in [2.75, 3.05) is 5.75 Å². The third-order valence-corrected chi connectivity index (χ3v) is 2.64. The molecule has 0 saturated heterocycles. The van der Waals surface area contributed by atoms with Crippen molar-refractivity contribution in [3.8, 4) is 11.5 Å². The first kappa shape index (κ1) is 10.7. The van der Waals surface area contributed by atoms with Crippen LogP contribution in [0.4, 0.5) is 0 Å². The van der Waals surface area contributed by atoms with E-state index in [1.54, 1.807) is 0 Å². The zero-order valence-electron chi connectivity index (χ0n) is 7.85. The number of halogens is 1. The molecule has 0 amide bonds. The smallest absolute Gasteiger partial charge is 0.247 e. The van der Waals surface area contributed by atoms with Crippen molar-refractivity contribution in [1.29, 1.82) is 0 Å². The number of thiol groups is 1. The number of rotatable bonds is 3. The van der Waals surface area contributed by atoms with Gasteiger partial charge in [-0.25, -0.2) is 0 Å². The molecule has 78 valence electrons. The molecule has 2 rings (SSSR count). The van der Waals surface area contributed by atoms with E-state index in [-0.39, 0.29) is 0 Å². The zero-order chi connectivity index (χ0) is 10.7. The van der Waals surface area contributed by atoms with Crippen LogP contribution in [0.15, 0.2) is 33.2 Å². The largest absolute Gasteiger partial charge is 0.421 e. The summed E-state index contributed by atoms with van der Waals surface area (Å²) < 4.78 is 6.49. The minimum absolute atomic E-state index is 0.555. The first-order chi connectivity index (χ1) is 7.29. The summed E-state index contributed by atoms with van der Waals surface area (Å²) in [5.74, 6) is 1.89. The summed E-state index contributed by atoms with van der Waals surface area (Å²) in [6, 6.07) is 7.75. The Kier molecular flexibility index (Phi) is 3.43. The van der Waals surface area contributed by atoms with Gasteiger partial charge in [-0.3, -0.25) is 0 Å². The fourth-order valence-corrected chi connectivity index (χ4v) is 1.62. The first-order valence-electron chi connectivity index (χ1n) is 4.49. The average Bonchev–Trinajstić information content (AvgIpc) is 2.68. The van der Waals surface area contributed by atoms with Crippen LogP contribution in [0.5, 0.6) is 0 Å². The average molecular weight is 285 g/mol. The number of aromatic nitrogens is 2. The predicted molar refractivity (Wildman–Crippen MR) is 65.0 cm³/mol. The van der Waals surface area contributed by atoms with Crippen molar-refractivity contribution >= 4 is 28.6 Å². The molecule has 0 saturated carbocycles. The van der Waals surface area contributed by atoms with Crippen LogP contribution in [0.25, 0.3) is 11.5 Å². The second-order valence-electron chi connectivity index (χ2n) is 2.98. The molecule has 1 aromatic heterocycles. The van der Waals surface area contributed by atoms with E-state index in [1.165, 1.54) is 0 Å². The molecule has 2 aromatic rings. The molecule has 0 fully saturated rings. The molecule has 1 aromatic carbocycles. The Bertz CT molecular complexity index is 441. The third kappa shape index (κ3) is 2.60. The van der Waals surface area contributed by atoms with Gasteiger partial charge < -0.3 is 4.42 Å². The van der Waals surface area contributed by atoms with Crippen molar-refractivity contribution in [1.82, 2.24) is 10.2 Å². The third-order valence-electron chi connectivity index (χ3n) is 1.88. The summed E-state index contributed by atoms with van der Waals surface area (Å²) in [6.45, 7) is 0. The summed E-state index contributed by atoms with van der Waals surface area (Å²) in [5.41, 5.74) is 0.927. The molecule has 0 aliphatic heterocycles. The Morgan fingerprint density at radius 1 is 1.20 bits per heavy atom. The molecule has 0 N–H and O–H groups in total. The fourth-order valence-electron chi connectivity index (χ4n) is 1.16. The Balaban J connectivity index is 2.25. The van der Waals surface area contributed by atoms with E-state index in [0.29, 0.717) is 24.0 Å². The molecule has 5 heteroatoms. The molecule has 0 radical (unpaired) electrons.